The number of ether oxygens (including phenoxy) is 2. The standard InChI is InChI=1S/C23H19FN2O7S/c1-32-22(28)14-7-12-18(23(29)33-2)20(13-14)25-21(27)17-5-3-4-6-19(17)26-34(30,31)16-10-8-15(24)9-11-16/h3-13,26H,1-2H3,(H,25,27). The maximum atomic E-state index is 13.2. The molecule has 2 N–H and O–H groups in total. The quantitative estimate of drug-likeness (QED) is 0.490. The summed E-state index contributed by atoms with van der Waals surface area (Å²) in [6.07, 6.45) is 0. The predicted molar refractivity (Wildman–Crippen MR) is 121 cm³/mol. The van der Waals surface area contributed by atoms with Gasteiger partial charge in [0, 0.05) is 0 Å². The zero-order valence-electron chi connectivity index (χ0n) is 18.0. The Morgan fingerprint density at radius 2 is 1.44 bits per heavy atom. The first-order chi connectivity index (χ1) is 16.2. The maximum absolute atomic E-state index is 13.2. The van der Waals surface area contributed by atoms with Gasteiger partial charge in [0.1, 0.15) is 5.82 Å². The van der Waals surface area contributed by atoms with Crippen LogP contribution < -0.4 is 10.0 Å². The number of carbonyl (C=O) groups excluding carboxylic acids is 3. The van der Waals surface area contributed by atoms with E-state index in [1.54, 1.807) is 0 Å². The van der Waals surface area contributed by atoms with Crippen molar-refractivity contribution in [3.05, 3.63) is 89.2 Å². The molecule has 0 aromatic heterocycles. The first-order valence-corrected chi connectivity index (χ1v) is 11.1. The number of methoxy groups -OCH3 is 2. The number of nitrogens with one attached hydrogen (secondary N) is 2. The molecule has 3 rings (SSSR count). The highest BCUT2D eigenvalue weighted by molar-refractivity contribution is 7.92. The fourth-order valence-corrected chi connectivity index (χ4v) is 4.04. The number of anilines is 2. The van der Waals surface area contributed by atoms with E-state index in [2.05, 4.69) is 14.8 Å². The highest BCUT2D eigenvalue weighted by Gasteiger charge is 2.21. The molecule has 0 atom stereocenters. The third-order valence-electron chi connectivity index (χ3n) is 4.63. The molecule has 0 saturated heterocycles. The minimum absolute atomic E-state index is 0.0344. The molecule has 11 heteroatoms. The van der Waals surface area contributed by atoms with Crippen molar-refractivity contribution >= 4 is 39.2 Å². The fourth-order valence-electron chi connectivity index (χ4n) is 2.96. The Morgan fingerprint density at radius 3 is 2.09 bits per heavy atom. The average Bonchev–Trinajstić information content (AvgIpc) is 2.83. The number of halogens is 1. The van der Waals surface area contributed by atoms with Crippen LogP contribution in [0.2, 0.25) is 0 Å². The summed E-state index contributed by atoms with van der Waals surface area (Å²) >= 11 is 0. The second-order valence-electron chi connectivity index (χ2n) is 6.80. The number of hydrogen-bond donors (Lipinski definition) is 2. The van der Waals surface area contributed by atoms with Gasteiger partial charge in [-0.2, -0.15) is 0 Å². The Hall–Kier alpha value is -4.25. The van der Waals surface area contributed by atoms with Crippen LogP contribution in [0.5, 0.6) is 0 Å². The third-order valence-corrected chi connectivity index (χ3v) is 6.02. The highest BCUT2D eigenvalue weighted by atomic mass is 32.2. The van der Waals surface area contributed by atoms with E-state index in [9.17, 15) is 27.2 Å². The second kappa shape index (κ2) is 10.1. The van der Waals surface area contributed by atoms with Gasteiger partial charge in [-0.15, -0.1) is 0 Å². The molecule has 3 aromatic rings. The van der Waals surface area contributed by atoms with Gasteiger partial charge < -0.3 is 14.8 Å². The number of esters is 2. The molecule has 0 fully saturated rings. The van der Waals surface area contributed by atoms with Gasteiger partial charge in [0.05, 0.1) is 47.2 Å². The summed E-state index contributed by atoms with van der Waals surface area (Å²) in [6, 6.07) is 13.8. The maximum Gasteiger partial charge on any atom is 0.339 e. The molecular formula is C23H19FN2O7S. The summed E-state index contributed by atoms with van der Waals surface area (Å²) in [7, 11) is -1.80. The summed E-state index contributed by atoms with van der Waals surface area (Å²) in [6.45, 7) is 0. The van der Waals surface area contributed by atoms with Crippen molar-refractivity contribution in [2.24, 2.45) is 0 Å². The molecule has 0 aliphatic heterocycles. The molecule has 0 aliphatic carbocycles. The van der Waals surface area contributed by atoms with Crippen molar-refractivity contribution < 1.29 is 36.7 Å². The van der Waals surface area contributed by atoms with Gasteiger partial charge in [-0.1, -0.05) is 12.1 Å². The number of sulfonamides is 1. The van der Waals surface area contributed by atoms with E-state index in [4.69, 9.17) is 4.74 Å². The Morgan fingerprint density at radius 1 is 0.794 bits per heavy atom. The minimum Gasteiger partial charge on any atom is -0.465 e. The van der Waals surface area contributed by atoms with Crippen molar-refractivity contribution in [2.45, 2.75) is 4.90 Å². The Bertz CT molecular complexity index is 1360. The molecule has 176 valence electrons. The van der Waals surface area contributed by atoms with Gasteiger partial charge in [0.25, 0.3) is 15.9 Å². The fraction of sp³-hybridized carbons (Fsp3) is 0.0870. The number of para-hydroxylation sites is 1. The van der Waals surface area contributed by atoms with E-state index in [-0.39, 0.29) is 33.0 Å². The molecule has 0 aliphatic rings. The topological polar surface area (TPSA) is 128 Å². The summed E-state index contributed by atoms with van der Waals surface area (Å²) in [5, 5.41) is 2.50. The summed E-state index contributed by atoms with van der Waals surface area (Å²) in [4.78, 5) is 36.9. The van der Waals surface area contributed by atoms with Gasteiger partial charge >= 0.3 is 11.9 Å². The molecule has 9 nitrogen and oxygen atoms in total. The van der Waals surface area contributed by atoms with Gasteiger partial charge in [-0.3, -0.25) is 9.52 Å². The highest BCUT2D eigenvalue weighted by Crippen LogP contribution is 2.24. The Labute approximate surface area is 194 Å². The SMILES string of the molecule is COC(=O)c1ccc(C(=O)OC)c(NC(=O)c2ccccc2NS(=O)(=O)c2ccc(F)cc2)c1. The van der Waals surface area contributed by atoms with Crippen molar-refractivity contribution in [3.8, 4) is 0 Å². The number of amides is 1. The first kappa shape index (κ1) is 24.4. The molecule has 0 saturated carbocycles. The molecule has 0 bridgehead atoms. The van der Waals surface area contributed by atoms with Crippen molar-refractivity contribution in [1.82, 2.24) is 0 Å². The zero-order valence-corrected chi connectivity index (χ0v) is 18.8. The molecule has 0 unspecified atom stereocenters. The molecule has 0 radical (unpaired) electrons. The molecule has 0 heterocycles. The van der Waals surface area contributed by atoms with E-state index in [1.807, 2.05) is 0 Å². The number of hydrogen-bond acceptors (Lipinski definition) is 7. The van der Waals surface area contributed by atoms with Gasteiger partial charge in [0.15, 0.2) is 0 Å². The van der Waals surface area contributed by atoms with Gasteiger partial charge in [-0.25, -0.2) is 22.4 Å². The van der Waals surface area contributed by atoms with Gasteiger partial charge in [0.2, 0.25) is 0 Å². The van der Waals surface area contributed by atoms with Crippen LogP contribution in [0.15, 0.2) is 71.6 Å². The molecular weight excluding hydrogens is 467 g/mol. The number of rotatable bonds is 7. The van der Waals surface area contributed by atoms with Crippen LogP contribution in [-0.4, -0.2) is 40.5 Å². The van der Waals surface area contributed by atoms with Crippen LogP contribution in [0.3, 0.4) is 0 Å². The Kier molecular flexibility index (Phi) is 7.27. The van der Waals surface area contributed by atoms with Crippen molar-refractivity contribution in [3.63, 3.8) is 0 Å². The van der Waals surface area contributed by atoms with Gasteiger partial charge in [-0.05, 0) is 54.6 Å². The third kappa shape index (κ3) is 5.38. The lowest BCUT2D eigenvalue weighted by Crippen LogP contribution is -2.20. The molecule has 3 aromatic carbocycles. The van der Waals surface area contributed by atoms with E-state index < -0.39 is 33.7 Å². The molecule has 34 heavy (non-hydrogen) atoms. The van der Waals surface area contributed by atoms with Crippen molar-refractivity contribution in [1.29, 1.82) is 0 Å². The van der Waals surface area contributed by atoms with Crippen LogP contribution in [0.1, 0.15) is 31.1 Å². The van der Waals surface area contributed by atoms with E-state index >= 15 is 0 Å². The predicted octanol–water partition coefficient (Wildman–Crippen LogP) is 3.45. The Balaban J connectivity index is 1.96. The summed E-state index contributed by atoms with van der Waals surface area (Å²) < 4.78 is 50.2. The van der Waals surface area contributed by atoms with Crippen LogP contribution in [0.25, 0.3) is 0 Å². The second-order valence-corrected chi connectivity index (χ2v) is 8.49. The van der Waals surface area contributed by atoms with Crippen molar-refractivity contribution in [2.75, 3.05) is 24.3 Å². The average molecular weight is 486 g/mol. The van der Waals surface area contributed by atoms with Crippen LogP contribution in [-0.2, 0) is 19.5 Å². The summed E-state index contributed by atoms with van der Waals surface area (Å²) in [5.74, 6) is -2.84. The lowest BCUT2D eigenvalue weighted by Gasteiger charge is -2.15. The molecule has 1 amide bonds. The summed E-state index contributed by atoms with van der Waals surface area (Å²) in [5.41, 5.74) is -0.153. The largest absolute Gasteiger partial charge is 0.465 e. The molecule has 0 spiro atoms. The van der Waals surface area contributed by atoms with Crippen LogP contribution >= 0.6 is 0 Å². The smallest absolute Gasteiger partial charge is 0.339 e. The number of carbonyl (C=O) groups is 3. The van der Waals surface area contributed by atoms with Crippen LogP contribution in [0, 0.1) is 5.82 Å². The minimum atomic E-state index is -4.14. The lowest BCUT2D eigenvalue weighted by molar-refractivity contribution is 0.0587. The normalized spacial score (nSPS) is 10.8. The van der Waals surface area contributed by atoms with E-state index in [1.165, 1.54) is 49.6 Å². The number of benzene rings is 3. The lowest BCUT2D eigenvalue weighted by atomic mass is 10.1. The van der Waals surface area contributed by atoms with E-state index in [0.29, 0.717) is 0 Å². The van der Waals surface area contributed by atoms with E-state index in [0.717, 1.165) is 31.4 Å². The monoisotopic (exact) mass is 486 g/mol. The first-order valence-electron chi connectivity index (χ1n) is 9.65. The zero-order chi connectivity index (χ0) is 24.9. The van der Waals surface area contributed by atoms with Crippen LogP contribution in [0.4, 0.5) is 15.8 Å².